The molecule has 1 aliphatic rings. The standard InChI is InChI=1S/C17H26N2/c1-13(2)17(4,5)16-7-6-15(12-14(16)3)19-10-8-18-9-11-19/h6-7,12,18H,1,8-11H2,2-5H3. The first-order valence-electron chi connectivity index (χ1n) is 7.15. The van der Waals surface area contributed by atoms with E-state index in [4.69, 9.17) is 0 Å². The average Bonchev–Trinajstić information content (AvgIpc) is 2.39. The van der Waals surface area contributed by atoms with Crippen molar-refractivity contribution in [2.45, 2.75) is 33.1 Å². The van der Waals surface area contributed by atoms with Crippen molar-refractivity contribution in [2.75, 3.05) is 31.1 Å². The van der Waals surface area contributed by atoms with E-state index in [0.717, 1.165) is 26.2 Å². The zero-order chi connectivity index (χ0) is 14.0. The second-order valence-electron chi connectivity index (χ2n) is 6.14. The van der Waals surface area contributed by atoms with Gasteiger partial charge in [0.1, 0.15) is 0 Å². The maximum Gasteiger partial charge on any atom is 0.0369 e. The molecule has 2 heteroatoms. The number of allylic oxidation sites excluding steroid dienone is 1. The lowest BCUT2D eigenvalue weighted by Crippen LogP contribution is -2.43. The predicted octanol–water partition coefficient (Wildman–Crippen LogP) is 3.26. The third-order valence-corrected chi connectivity index (χ3v) is 4.43. The van der Waals surface area contributed by atoms with Gasteiger partial charge in [0.25, 0.3) is 0 Å². The van der Waals surface area contributed by atoms with Gasteiger partial charge >= 0.3 is 0 Å². The van der Waals surface area contributed by atoms with E-state index < -0.39 is 0 Å². The normalized spacial score (nSPS) is 16.5. The lowest BCUT2D eigenvalue weighted by atomic mass is 9.77. The fraction of sp³-hybridized carbons (Fsp3) is 0.529. The molecule has 1 aromatic rings. The van der Waals surface area contributed by atoms with Crippen LogP contribution in [0.2, 0.25) is 0 Å². The first kappa shape index (κ1) is 14.1. The van der Waals surface area contributed by atoms with Crippen molar-refractivity contribution in [3.8, 4) is 0 Å². The Balaban J connectivity index is 2.29. The van der Waals surface area contributed by atoms with E-state index in [9.17, 15) is 0 Å². The van der Waals surface area contributed by atoms with Crippen LogP contribution in [0, 0.1) is 6.92 Å². The topological polar surface area (TPSA) is 15.3 Å². The van der Waals surface area contributed by atoms with Crippen molar-refractivity contribution in [1.29, 1.82) is 0 Å². The van der Waals surface area contributed by atoms with Crippen LogP contribution in [-0.2, 0) is 5.41 Å². The van der Waals surface area contributed by atoms with Crippen LogP contribution < -0.4 is 10.2 Å². The monoisotopic (exact) mass is 258 g/mol. The minimum absolute atomic E-state index is 0.0477. The Morgan fingerprint density at radius 3 is 2.42 bits per heavy atom. The van der Waals surface area contributed by atoms with Gasteiger partial charge in [-0.3, -0.25) is 0 Å². The van der Waals surface area contributed by atoms with Gasteiger partial charge in [-0.1, -0.05) is 32.1 Å². The van der Waals surface area contributed by atoms with Crippen molar-refractivity contribution in [1.82, 2.24) is 5.32 Å². The van der Waals surface area contributed by atoms with Gasteiger partial charge in [0.2, 0.25) is 0 Å². The van der Waals surface area contributed by atoms with Crippen LogP contribution in [-0.4, -0.2) is 26.2 Å². The molecule has 0 aromatic heterocycles. The molecule has 0 radical (unpaired) electrons. The Hall–Kier alpha value is -1.28. The SMILES string of the molecule is C=C(C)C(C)(C)c1ccc(N2CCNCC2)cc1C. The first-order valence-corrected chi connectivity index (χ1v) is 7.15. The summed E-state index contributed by atoms with van der Waals surface area (Å²) in [6, 6.07) is 6.87. The Bertz CT molecular complexity index is 468. The van der Waals surface area contributed by atoms with Crippen molar-refractivity contribution in [3.63, 3.8) is 0 Å². The Morgan fingerprint density at radius 1 is 1.26 bits per heavy atom. The van der Waals surface area contributed by atoms with Crippen LogP contribution in [0.25, 0.3) is 0 Å². The maximum absolute atomic E-state index is 4.14. The summed E-state index contributed by atoms with van der Waals surface area (Å²) in [5, 5.41) is 3.40. The third kappa shape index (κ3) is 2.84. The van der Waals surface area contributed by atoms with E-state index >= 15 is 0 Å². The van der Waals surface area contributed by atoms with Crippen LogP contribution in [0.1, 0.15) is 31.9 Å². The molecule has 0 unspecified atom stereocenters. The van der Waals surface area contributed by atoms with Crippen LogP contribution in [0.3, 0.4) is 0 Å². The third-order valence-electron chi connectivity index (χ3n) is 4.43. The number of hydrogen-bond acceptors (Lipinski definition) is 2. The number of piperazine rings is 1. The number of aryl methyl sites for hydroxylation is 1. The summed E-state index contributed by atoms with van der Waals surface area (Å²) in [4.78, 5) is 2.46. The zero-order valence-corrected chi connectivity index (χ0v) is 12.7. The van der Waals surface area contributed by atoms with Crippen molar-refractivity contribution >= 4 is 5.69 Å². The fourth-order valence-corrected chi connectivity index (χ4v) is 2.70. The first-order chi connectivity index (χ1) is 8.93. The van der Waals surface area contributed by atoms with Gasteiger partial charge in [-0.2, -0.15) is 0 Å². The molecule has 2 rings (SSSR count). The lowest BCUT2D eigenvalue weighted by Gasteiger charge is -2.32. The van der Waals surface area contributed by atoms with Gasteiger partial charge in [0, 0.05) is 37.3 Å². The minimum Gasteiger partial charge on any atom is -0.369 e. The minimum atomic E-state index is 0.0477. The molecule has 0 aliphatic carbocycles. The van der Waals surface area contributed by atoms with Crippen molar-refractivity contribution in [3.05, 3.63) is 41.5 Å². The highest BCUT2D eigenvalue weighted by molar-refractivity contribution is 5.53. The summed E-state index contributed by atoms with van der Waals surface area (Å²) < 4.78 is 0. The molecule has 1 fully saturated rings. The number of hydrogen-bond donors (Lipinski definition) is 1. The Kier molecular flexibility index (Phi) is 4.00. The van der Waals surface area contributed by atoms with E-state index in [1.165, 1.54) is 22.4 Å². The second-order valence-corrected chi connectivity index (χ2v) is 6.14. The molecule has 2 nitrogen and oxygen atoms in total. The van der Waals surface area contributed by atoms with Gasteiger partial charge in [0.15, 0.2) is 0 Å². The molecule has 1 aromatic carbocycles. The molecular formula is C17H26N2. The van der Waals surface area contributed by atoms with E-state index in [-0.39, 0.29) is 5.41 Å². The average molecular weight is 258 g/mol. The molecule has 19 heavy (non-hydrogen) atoms. The van der Waals surface area contributed by atoms with Gasteiger partial charge < -0.3 is 10.2 Å². The van der Waals surface area contributed by atoms with Crippen molar-refractivity contribution < 1.29 is 0 Å². The molecule has 0 amide bonds. The Labute approximate surface area is 117 Å². The van der Waals surface area contributed by atoms with E-state index in [1.54, 1.807) is 0 Å². The van der Waals surface area contributed by atoms with Gasteiger partial charge in [0.05, 0.1) is 0 Å². The van der Waals surface area contributed by atoms with Crippen molar-refractivity contribution in [2.24, 2.45) is 0 Å². The van der Waals surface area contributed by atoms with E-state index in [0.29, 0.717) is 0 Å². The number of anilines is 1. The van der Waals surface area contributed by atoms with E-state index in [2.05, 4.69) is 62.7 Å². The lowest BCUT2D eigenvalue weighted by molar-refractivity contribution is 0.588. The molecule has 104 valence electrons. The summed E-state index contributed by atoms with van der Waals surface area (Å²) in [7, 11) is 0. The summed E-state index contributed by atoms with van der Waals surface area (Å²) >= 11 is 0. The quantitative estimate of drug-likeness (QED) is 0.837. The Morgan fingerprint density at radius 2 is 1.89 bits per heavy atom. The zero-order valence-electron chi connectivity index (χ0n) is 12.7. The highest BCUT2D eigenvalue weighted by atomic mass is 15.2. The predicted molar refractivity (Wildman–Crippen MR) is 84.1 cm³/mol. The number of nitrogens with one attached hydrogen (secondary N) is 1. The summed E-state index contributed by atoms with van der Waals surface area (Å²) in [6.07, 6.45) is 0. The largest absolute Gasteiger partial charge is 0.369 e. The van der Waals surface area contributed by atoms with Crippen LogP contribution in [0.4, 0.5) is 5.69 Å². The molecule has 0 atom stereocenters. The molecule has 1 heterocycles. The van der Waals surface area contributed by atoms with Gasteiger partial charge in [-0.15, -0.1) is 0 Å². The smallest absolute Gasteiger partial charge is 0.0369 e. The highest BCUT2D eigenvalue weighted by Crippen LogP contribution is 2.34. The highest BCUT2D eigenvalue weighted by Gasteiger charge is 2.23. The van der Waals surface area contributed by atoms with Crippen LogP contribution in [0.5, 0.6) is 0 Å². The molecule has 0 spiro atoms. The molecule has 0 bridgehead atoms. The van der Waals surface area contributed by atoms with Crippen LogP contribution >= 0.6 is 0 Å². The number of nitrogens with zero attached hydrogens (tertiary/aromatic N) is 1. The molecular weight excluding hydrogens is 232 g/mol. The summed E-state index contributed by atoms with van der Waals surface area (Å²) in [5.74, 6) is 0. The molecule has 0 saturated carbocycles. The molecule has 1 N–H and O–H groups in total. The number of rotatable bonds is 3. The summed E-state index contributed by atoms with van der Waals surface area (Å²) in [5.41, 5.74) is 5.36. The second kappa shape index (κ2) is 5.38. The van der Waals surface area contributed by atoms with Gasteiger partial charge in [-0.05, 0) is 37.1 Å². The molecule has 1 saturated heterocycles. The van der Waals surface area contributed by atoms with Crippen LogP contribution in [0.15, 0.2) is 30.4 Å². The number of benzene rings is 1. The fourth-order valence-electron chi connectivity index (χ4n) is 2.70. The molecule has 1 aliphatic heterocycles. The maximum atomic E-state index is 4.14. The van der Waals surface area contributed by atoms with E-state index in [1.807, 2.05) is 0 Å². The van der Waals surface area contributed by atoms with Gasteiger partial charge in [-0.25, -0.2) is 0 Å². The summed E-state index contributed by atoms with van der Waals surface area (Å²) in [6.45, 7) is 17.3.